The van der Waals surface area contributed by atoms with E-state index in [1.807, 2.05) is 0 Å². The van der Waals surface area contributed by atoms with Crippen LogP contribution >= 0.6 is 0 Å². The Bertz CT molecular complexity index is 198. The zero-order chi connectivity index (χ0) is 10.0. The first-order chi connectivity index (χ1) is 6.02. The first-order valence-corrected chi connectivity index (χ1v) is 5.09. The Morgan fingerprint density at radius 3 is 2.69 bits per heavy atom. The van der Waals surface area contributed by atoms with E-state index >= 15 is 0 Å². The van der Waals surface area contributed by atoms with Crippen molar-refractivity contribution < 1.29 is 5.11 Å². The number of hydrogen-bond donors (Lipinski definition) is 1. The van der Waals surface area contributed by atoms with E-state index in [1.165, 1.54) is 5.57 Å². The van der Waals surface area contributed by atoms with Gasteiger partial charge >= 0.3 is 0 Å². The van der Waals surface area contributed by atoms with Crippen LogP contribution in [-0.4, -0.2) is 35.7 Å². The highest BCUT2D eigenvalue weighted by Crippen LogP contribution is 2.22. The molecule has 2 unspecified atom stereocenters. The van der Waals surface area contributed by atoms with Crippen LogP contribution in [0.15, 0.2) is 11.6 Å². The van der Waals surface area contributed by atoms with E-state index in [4.69, 9.17) is 0 Å². The van der Waals surface area contributed by atoms with Gasteiger partial charge in [-0.05, 0) is 26.3 Å². The third-order valence-electron chi connectivity index (χ3n) is 3.08. The fourth-order valence-electron chi connectivity index (χ4n) is 1.69. The van der Waals surface area contributed by atoms with E-state index in [0.717, 1.165) is 13.0 Å². The summed E-state index contributed by atoms with van der Waals surface area (Å²) in [5.74, 6) is 0.563. The molecule has 0 saturated heterocycles. The van der Waals surface area contributed by atoms with Crippen LogP contribution < -0.4 is 0 Å². The summed E-state index contributed by atoms with van der Waals surface area (Å²) < 4.78 is 0. The second-order valence-corrected chi connectivity index (χ2v) is 4.39. The SMILES string of the molecule is CC(C)C1=CCN(C)C(C)C(O)C1. The zero-order valence-corrected chi connectivity index (χ0v) is 9.12. The Labute approximate surface area is 81.2 Å². The van der Waals surface area contributed by atoms with Crippen molar-refractivity contribution in [2.24, 2.45) is 5.92 Å². The van der Waals surface area contributed by atoms with Gasteiger partial charge in [-0.15, -0.1) is 0 Å². The molecule has 76 valence electrons. The minimum atomic E-state index is -0.207. The predicted octanol–water partition coefficient (Wildman–Crippen LogP) is 1.65. The molecule has 0 saturated carbocycles. The summed E-state index contributed by atoms with van der Waals surface area (Å²) >= 11 is 0. The molecule has 2 atom stereocenters. The number of aliphatic hydroxyl groups is 1. The van der Waals surface area contributed by atoms with Gasteiger partial charge in [0, 0.05) is 12.6 Å². The molecule has 0 fully saturated rings. The van der Waals surface area contributed by atoms with Crippen LogP contribution in [0.5, 0.6) is 0 Å². The summed E-state index contributed by atoms with van der Waals surface area (Å²) in [6.07, 6.45) is 2.89. The summed E-state index contributed by atoms with van der Waals surface area (Å²) in [4.78, 5) is 2.19. The van der Waals surface area contributed by atoms with Gasteiger partial charge in [-0.1, -0.05) is 25.5 Å². The van der Waals surface area contributed by atoms with Gasteiger partial charge in [-0.3, -0.25) is 4.90 Å². The molecule has 0 aromatic rings. The molecule has 2 heteroatoms. The van der Waals surface area contributed by atoms with E-state index in [-0.39, 0.29) is 12.1 Å². The maximum absolute atomic E-state index is 9.86. The lowest BCUT2D eigenvalue weighted by Crippen LogP contribution is -2.37. The van der Waals surface area contributed by atoms with E-state index in [9.17, 15) is 5.11 Å². The van der Waals surface area contributed by atoms with Gasteiger partial charge in [0.2, 0.25) is 0 Å². The normalized spacial score (nSPS) is 31.7. The van der Waals surface area contributed by atoms with Crippen LogP contribution in [0.4, 0.5) is 0 Å². The van der Waals surface area contributed by atoms with Crippen LogP contribution in [0.3, 0.4) is 0 Å². The first kappa shape index (κ1) is 10.7. The smallest absolute Gasteiger partial charge is 0.0729 e. The molecule has 1 aliphatic heterocycles. The fraction of sp³-hybridized carbons (Fsp3) is 0.818. The number of aliphatic hydroxyl groups excluding tert-OH is 1. The number of likely N-dealkylation sites (N-methyl/N-ethyl adjacent to an activating group) is 1. The lowest BCUT2D eigenvalue weighted by Gasteiger charge is -2.25. The van der Waals surface area contributed by atoms with Crippen LogP contribution in [0.2, 0.25) is 0 Å². The van der Waals surface area contributed by atoms with Crippen molar-refractivity contribution in [2.75, 3.05) is 13.6 Å². The van der Waals surface area contributed by atoms with Crippen molar-refractivity contribution in [3.05, 3.63) is 11.6 Å². The molecule has 1 N–H and O–H groups in total. The van der Waals surface area contributed by atoms with Gasteiger partial charge in [0.25, 0.3) is 0 Å². The van der Waals surface area contributed by atoms with Gasteiger partial charge in [-0.2, -0.15) is 0 Å². The molecule has 0 aromatic carbocycles. The topological polar surface area (TPSA) is 23.5 Å². The van der Waals surface area contributed by atoms with Crippen molar-refractivity contribution in [1.82, 2.24) is 4.90 Å². The fourth-order valence-corrected chi connectivity index (χ4v) is 1.69. The van der Waals surface area contributed by atoms with Crippen molar-refractivity contribution in [3.63, 3.8) is 0 Å². The third-order valence-corrected chi connectivity index (χ3v) is 3.08. The summed E-state index contributed by atoms with van der Waals surface area (Å²) in [5.41, 5.74) is 1.39. The Morgan fingerprint density at radius 2 is 2.15 bits per heavy atom. The maximum atomic E-state index is 9.86. The van der Waals surface area contributed by atoms with E-state index in [2.05, 4.69) is 38.8 Å². The average molecular weight is 183 g/mol. The molecule has 0 amide bonds. The second-order valence-electron chi connectivity index (χ2n) is 4.39. The summed E-state index contributed by atoms with van der Waals surface area (Å²) in [6, 6.07) is 0.271. The second kappa shape index (κ2) is 4.25. The van der Waals surface area contributed by atoms with E-state index in [0.29, 0.717) is 5.92 Å². The third kappa shape index (κ3) is 2.55. The Kier molecular flexibility index (Phi) is 3.51. The van der Waals surface area contributed by atoms with Crippen molar-refractivity contribution in [1.29, 1.82) is 0 Å². The molecule has 13 heavy (non-hydrogen) atoms. The van der Waals surface area contributed by atoms with Crippen LogP contribution in [0.25, 0.3) is 0 Å². The molecule has 0 radical (unpaired) electrons. The highest BCUT2D eigenvalue weighted by Gasteiger charge is 2.23. The van der Waals surface area contributed by atoms with Crippen LogP contribution in [0, 0.1) is 5.92 Å². The quantitative estimate of drug-likeness (QED) is 0.625. The van der Waals surface area contributed by atoms with Gasteiger partial charge < -0.3 is 5.11 Å². The molecule has 0 bridgehead atoms. The molecule has 1 rings (SSSR count). The lowest BCUT2D eigenvalue weighted by atomic mass is 9.96. The average Bonchev–Trinajstić information content (AvgIpc) is 2.19. The van der Waals surface area contributed by atoms with Crippen LogP contribution in [-0.2, 0) is 0 Å². The number of nitrogens with zero attached hydrogens (tertiary/aromatic N) is 1. The van der Waals surface area contributed by atoms with Crippen LogP contribution in [0.1, 0.15) is 27.2 Å². The summed E-state index contributed by atoms with van der Waals surface area (Å²) in [5, 5.41) is 9.86. The molecule has 0 aliphatic carbocycles. The molecule has 1 aliphatic rings. The Balaban J connectivity index is 2.71. The van der Waals surface area contributed by atoms with Gasteiger partial charge in [0.1, 0.15) is 0 Å². The van der Waals surface area contributed by atoms with Gasteiger partial charge in [0.05, 0.1) is 6.10 Å². The van der Waals surface area contributed by atoms with E-state index in [1.54, 1.807) is 0 Å². The van der Waals surface area contributed by atoms with Gasteiger partial charge in [-0.25, -0.2) is 0 Å². The highest BCUT2D eigenvalue weighted by molar-refractivity contribution is 5.10. The van der Waals surface area contributed by atoms with Gasteiger partial charge in [0.15, 0.2) is 0 Å². The summed E-state index contributed by atoms with van der Waals surface area (Å²) in [6.45, 7) is 7.43. The number of hydrogen-bond acceptors (Lipinski definition) is 2. The van der Waals surface area contributed by atoms with Crippen molar-refractivity contribution in [2.45, 2.75) is 39.3 Å². The first-order valence-electron chi connectivity index (χ1n) is 5.09. The molecule has 0 aromatic heterocycles. The Morgan fingerprint density at radius 1 is 1.54 bits per heavy atom. The molecular weight excluding hydrogens is 162 g/mol. The predicted molar refractivity (Wildman–Crippen MR) is 55.6 cm³/mol. The lowest BCUT2D eigenvalue weighted by molar-refractivity contribution is 0.0830. The molecule has 0 spiro atoms. The Hall–Kier alpha value is -0.340. The minimum absolute atomic E-state index is 0.207. The van der Waals surface area contributed by atoms with E-state index < -0.39 is 0 Å². The molecule has 2 nitrogen and oxygen atoms in total. The number of rotatable bonds is 1. The zero-order valence-electron chi connectivity index (χ0n) is 9.12. The maximum Gasteiger partial charge on any atom is 0.0729 e. The van der Waals surface area contributed by atoms with Crippen molar-refractivity contribution in [3.8, 4) is 0 Å². The minimum Gasteiger partial charge on any atom is -0.391 e. The summed E-state index contributed by atoms with van der Waals surface area (Å²) in [7, 11) is 2.06. The molecular formula is C11H21NO. The standard InChI is InChI=1S/C11H21NO/c1-8(2)10-5-6-12(4)9(3)11(13)7-10/h5,8-9,11,13H,6-7H2,1-4H3. The monoisotopic (exact) mass is 183 g/mol. The molecule has 1 heterocycles. The van der Waals surface area contributed by atoms with Crippen molar-refractivity contribution >= 4 is 0 Å². The highest BCUT2D eigenvalue weighted by atomic mass is 16.3. The largest absolute Gasteiger partial charge is 0.391 e.